The van der Waals surface area contributed by atoms with Crippen LogP contribution in [0.3, 0.4) is 0 Å². The number of benzene rings is 1. The molecule has 1 aromatic heterocycles. The van der Waals surface area contributed by atoms with E-state index in [0.29, 0.717) is 12.6 Å². The Balaban J connectivity index is 0.00000312. The zero-order valence-electron chi connectivity index (χ0n) is 15.1. The molecule has 1 unspecified atom stereocenters. The van der Waals surface area contributed by atoms with Gasteiger partial charge in [0.05, 0.1) is 19.9 Å². The van der Waals surface area contributed by atoms with E-state index in [-0.39, 0.29) is 24.0 Å². The van der Waals surface area contributed by atoms with Crippen molar-refractivity contribution in [2.45, 2.75) is 39.3 Å². The predicted molar refractivity (Wildman–Crippen MR) is 113 cm³/mol. The average molecular weight is 457 g/mol. The lowest BCUT2D eigenvalue weighted by Gasteiger charge is -2.17. The van der Waals surface area contributed by atoms with Crippen LogP contribution < -0.4 is 15.4 Å². The largest absolute Gasteiger partial charge is 0.496 e. The lowest BCUT2D eigenvalue weighted by Crippen LogP contribution is -2.42. The van der Waals surface area contributed by atoms with Crippen LogP contribution >= 0.6 is 24.0 Å². The molecule has 1 heterocycles. The molecule has 138 valence electrons. The summed E-state index contributed by atoms with van der Waals surface area (Å²) >= 11 is 0. The molecule has 0 aliphatic carbocycles. The second-order valence-electron chi connectivity index (χ2n) is 5.69. The Labute approximate surface area is 167 Å². The normalized spacial score (nSPS) is 12.2. The van der Waals surface area contributed by atoms with Crippen molar-refractivity contribution in [3.63, 3.8) is 0 Å². The molecule has 0 bridgehead atoms. The fourth-order valence-electron chi connectivity index (χ4n) is 2.24. The monoisotopic (exact) mass is 457 g/mol. The summed E-state index contributed by atoms with van der Waals surface area (Å²) in [5.41, 5.74) is 1.07. The maximum atomic E-state index is 5.39. The van der Waals surface area contributed by atoms with Crippen molar-refractivity contribution in [1.82, 2.24) is 10.6 Å². The summed E-state index contributed by atoms with van der Waals surface area (Å²) in [5, 5.41) is 6.79. The quantitative estimate of drug-likeness (QED) is 0.358. The van der Waals surface area contributed by atoms with Gasteiger partial charge in [-0.25, -0.2) is 4.99 Å². The number of para-hydroxylation sites is 1. The molecule has 0 amide bonds. The molecule has 0 saturated heterocycles. The van der Waals surface area contributed by atoms with Gasteiger partial charge < -0.3 is 19.8 Å². The Bertz CT molecular complexity index is 629. The number of halogens is 1. The minimum atomic E-state index is 0. The minimum absolute atomic E-state index is 0. The number of aliphatic imine (C=N–C) groups is 1. The number of ether oxygens (including phenoxy) is 1. The molecule has 0 saturated carbocycles. The van der Waals surface area contributed by atoms with Gasteiger partial charge in [-0.15, -0.1) is 24.0 Å². The van der Waals surface area contributed by atoms with Crippen LogP contribution in [-0.2, 0) is 13.0 Å². The third-order valence-corrected chi connectivity index (χ3v) is 3.84. The van der Waals surface area contributed by atoms with Crippen molar-refractivity contribution < 1.29 is 9.15 Å². The van der Waals surface area contributed by atoms with Gasteiger partial charge in [0.25, 0.3) is 0 Å². The average Bonchev–Trinajstić information content (AvgIpc) is 3.13. The maximum absolute atomic E-state index is 5.39. The van der Waals surface area contributed by atoms with Gasteiger partial charge >= 0.3 is 0 Å². The number of guanidine groups is 1. The minimum Gasteiger partial charge on any atom is -0.496 e. The van der Waals surface area contributed by atoms with Gasteiger partial charge in [0, 0.05) is 24.6 Å². The van der Waals surface area contributed by atoms with Crippen LogP contribution in [0.4, 0.5) is 0 Å². The van der Waals surface area contributed by atoms with E-state index in [1.165, 1.54) is 0 Å². The van der Waals surface area contributed by atoms with E-state index >= 15 is 0 Å². The summed E-state index contributed by atoms with van der Waals surface area (Å²) in [4.78, 5) is 4.69. The summed E-state index contributed by atoms with van der Waals surface area (Å²) < 4.78 is 10.7. The lowest BCUT2D eigenvalue weighted by atomic mass is 10.2. The number of hydrogen-bond donors (Lipinski definition) is 2. The molecule has 2 N–H and O–H groups in total. The molecule has 0 spiro atoms. The predicted octanol–water partition coefficient (Wildman–Crippen LogP) is 3.98. The molecule has 1 aromatic carbocycles. The van der Waals surface area contributed by atoms with E-state index in [4.69, 9.17) is 14.1 Å². The first-order valence-electron chi connectivity index (χ1n) is 8.42. The van der Waals surface area contributed by atoms with Crippen LogP contribution in [0, 0.1) is 0 Å². The van der Waals surface area contributed by atoms with Gasteiger partial charge in [0.2, 0.25) is 0 Å². The molecular weight excluding hydrogens is 429 g/mol. The van der Waals surface area contributed by atoms with E-state index in [0.717, 1.165) is 42.4 Å². The van der Waals surface area contributed by atoms with E-state index < -0.39 is 0 Å². The van der Waals surface area contributed by atoms with Crippen molar-refractivity contribution in [2.75, 3.05) is 13.7 Å². The third-order valence-electron chi connectivity index (χ3n) is 3.84. The third kappa shape index (κ3) is 7.37. The number of nitrogens with one attached hydrogen (secondary N) is 2. The van der Waals surface area contributed by atoms with E-state index in [1.807, 2.05) is 36.4 Å². The molecule has 25 heavy (non-hydrogen) atoms. The van der Waals surface area contributed by atoms with Crippen molar-refractivity contribution in [3.05, 3.63) is 54.0 Å². The molecule has 6 heteroatoms. The van der Waals surface area contributed by atoms with Gasteiger partial charge in [-0.05, 0) is 31.5 Å². The van der Waals surface area contributed by atoms with Crippen molar-refractivity contribution in [1.29, 1.82) is 0 Å². The molecule has 5 nitrogen and oxygen atoms in total. The van der Waals surface area contributed by atoms with Crippen LogP contribution in [0.5, 0.6) is 5.75 Å². The highest BCUT2D eigenvalue weighted by Crippen LogP contribution is 2.17. The Morgan fingerprint density at radius 2 is 2.04 bits per heavy atom. The van der Waals surface area contributed by atoms with Crippen LogP contribution in [0.25, 0.3) is 0 Å². The van der Waals surface area contributed by atoms with Crippen LogP contribution in [-0.4, -0.2) is 25.7 Å². The highest BCUT2D eigenvalue weighted by Gasteiger charge is 2.06. The zero-order valence-corrected chi connectivity index (χ0v) is 17.4. The fourth-order valence-corrected chi connectivity index (χ4v) is 2.24. The standard InChI is InChI=1S/C19H27N3O2.HI/c1-4-15(2)22-19(20-12-11-17-9-7-13-24-17)21-14-16-8-5-6-10-18(16)23-3;/h5-10,13,15H,4,11-12,14H2,1-3H3,(H2,20,21,22);1H. The van der Waals surface area contributed by atoms with Crippen molar-refractivity contribution in [2.24, 2.45) is 4.99 Å². The Morgan fingerprint density at radius 1 is 1.24 bits per heavy atom. The summed E-state index contributed by atoms with van der Waals surface area (Å²) in [6, 6.07) is 12.2. The smallest absolute Gasteiger partial charge is 0.191 e. The van der Waals surface area contributed by atoms with E-state index in [2.05, 4.69) is 24.5 Å². The first kappa shape index (κ1) is 21.3. The lowest BCUT2D eigenvalue weighted by molar-refractivity contribution is 0.410. The van der Waals surface area contributed by atoms with Gasteiger partial charge in [0.1, 0.15) is 11.5 Å². The Morgan fingerprint density at radius 3 is 2.72 bits per heavy atom. The second kappa shape index (κ2) is 11.8. The van der Waals surface area contributed by atoms with Crippen molar-refractivity contribution in [3.8, 4) is 5.75 Å². The first-order chi connectivity index (χ1) is 11.7. The Hall–Kier alpha value is -1.70. The van der Waals surface area contributed by atoms with Crippen LogP contribution in [0.2, 0.25) is 0 Å². The highest BCUT2D eigenvalue weighted by molar-refractivity contribution is 14.0. The van der Waals surface area contributed by atoms with Crippen molar-refractivity contribution >= 4 is 29.9 Å². The number of furan rings is 1. The molecule has 0 fully saturated rings. The number of hydrogen-bond acceptors (Lipinski definition) is 3. The van der Waals surface area contributed by atoms with E-state index in [9.17, 15) is 0 Å². The fraction of sp³-hybridized carbons (Fsp3) is 0.421. The molecule has 0 radical (unpaired) electrons. The van der Waals surface area contributed by atoms with Gasteiger partial charge in [0.15, 0.2) is 5.96 Å². The second-order valence-corrected chi connectivity index (χ2v) is 5.69. The number of nitrogens with zero attached hydrogens (tertiary/aromatic N) is 1. The topological polar surface area (TPSA) is 58.8 Å². The summed E-state index contributed by atoms with van der Waals surface area (Å²) in [6.45, 7) is 5.63. The summed E-state index contributed by atoms with van der Waals surface area (Å²) in [6.07, 6.45) is 3.56. The number of rotatable bonds is 8. The Kier molecular flexibility index (Phi) is 10.1. The molecule has 0 aliphatic heterocycles. The van der Waals surface area contributed by atoms with Gasteiger partial charge in [-0.3, -0.25) is 0 Å². The van der Waals surface area contributed by atoms with E-state index in [1.54, 1.807) is 13.4 Å². The summed E-state index contributed by atoms with van der Waals surface area (Å²) in [5.74, 6) is 2.64. The highest BCUT2D eigenvalue weighted by atomic mass is 127. The maximum Gasteiger partial charge on any atom is 0.191 e. The van der Waals surface area contributed by atoms with Gasteiger partial charge in [-0.1, -0.05) is 25.1 Å². The molecular formula is C19H28IN3O2. The summed E-state index contributed by atoms with van der Waals surface area (Å²) in [7, 11) is 1.68. The first-order valence-corrected chi connectivity index (χ1v) is 8.42. The molecule has 2 aromatic rings. The molecule has 1 atom stereocenters. The molecule has 2 rings (SSSR count). The zero-order chi connectivity index (χ0) is 17.2. The van der Waals surface area contributed by atoms with Gasteiger partial charge in [-0.2, -0.15) is 0 Å². The molecule has 0 aliphatic rings. The van der Waals surface area contributed by atoms with Crippen LogP contribution in [0.15, 0.2) is 52.1 Å². The SMILES string of the molecule is CCC(C)NC(=NCc1ccccc1OC)NCCc1ccco1.I. The van der Waals surface area contributed by atoms with Crippen LogP contribution in [0.1, 0.15) is 31.6 Å². The number of methoxy groups -OCH3 is 1.